The zero-order valence-electron chi connectivity index (χ0n) is 12.6. The van der Waals surface area contributed by atoms with Crippen LogP contribution >= 0.6 is 0 Å². The fraction of sp³-hybridized carbons (Fsp3) is 0.562. The first-order chi connectivity index (χ1) is 8.76. The van der Waals surface area contributed by atoms with Crippen molar-refractivity contribution in [1.29, 1.82) is 0 Å². The fourth-order valence-electron chi connectivity index (χ4n) is 2.52. The van der Waals surface area contributed by atoms with Crippen molar-refractivity contribution in [3.63, 3.8) is 0 Å². The molecule has 0 spiro atoms. The lowest BCUT2D eigenvalue weighted by atomic mass is 9.98. The summed E-state index contributed by atoms with van der Waals surface area (Å²) in [6.07, 6.45) is 1.57. The molecule has 1 aromatic carbocycles. The van der Waals surface area contributed by atoms with E-state index >= 15 is 0 Å². The number of aryl methyl sites for hydroxylation is 3. The van der Waals surface area contributed by atoms with Crippen LogP contribution in [0.15, 0.2) is 12.1 Å². The molecule has 0 saturated heterocycles. The molecule has 0 aliphatic rings. The molecule has 2 N–H and O–H groups in total. The van der Waals surface area contributed by atoms with E-state index in [4.69, 9.17) is 0 Å². The molecular weight excluding hydrogens is 238 g/mol. The van der Waals surface area contributed by atoms with Gasteiger partial charge in [-0.05, 0) is 45.2 Å². The van der Waals surface area contributed by atoms with Crippen LogP contribution in [0, 0.1) is 20.8 Å². The van der Waals surface area contributed by atoms with E-state index in [1.807, 2.05) is 39.8 Å². The molecule has 0 aliphatic carbocycles. The van der Waals surface area contributed by atoms with E-state index in [-0.39, 0.29) is 12.5 Å². The number of carbonyl (C=O) groups is 1. The highest BCUT2D eigenvalue weighted by molar-refractivity contribution is 5.97. The van der Waals surface area contributed by atoms with E-state index in [0.29, 0.717) is 6.42 Å². The summed E-state index contributed by atoms with van der Waals surface area (Å²) in [6, 6.07) is 4.01. The average molecular weight is 263 g/mol. The molecule has 0 radical (unpaired) electrons. The van der Waals surface area contributed by atoms with E-state index in [1.54, 1.807) is 6.92 Å². The van der Waals surface area contributed by atoms with Crippen molar-refractivity contribution < 1.29 is 9.90 Å². The summed E-state index contributed by atoms with van der Waals surface area (Å²) in [4.78, 5) is 12.2. The number of hydrogen-bond acceptors (Lipinski definition) is 2. The van der Waals surface area contributed by atoms with Gasteiger partial charge in [0, 0.05) is 12.1 Å². The Labute approximate surface area is 116 Å². The Bertz CT molecular complexity index is 441. The minimum Gasteiger partial charge on any atom is -0.388 e. The molecule has 106 valence electrons. The molecule has 0 heterocycles. The second-order valence-corrected chi connectivity index (χ2v) is 5.70. The molecule has 1 atom stereocenters. The van der Waals surface area contributed by atoms with Gasteiger partial charge in [-0.15, -0.1) is 0 Å². The van der Waals surface area contributed by atoms with Gasteiger partial charge in [-0.2, -0.15) is 0 Å². The van der Waals surface area contributed by atoms with Crippen LogP contribution in [0.3, 0.4) is 0 Å². The Hall–Kier alpha value is -1.35. The molecule has 0 bridgehead atoms. The molecule has 0 aliphatic heterocycles. The molecule has 19 heavy (non-hydrogen) atoms. The van der Waals surface area contributed by atoms with Crippen LogP contribution in [0.4, 0.5) is 0 Å². The first-order valence-corrected chi connectivity index (χ1v) is 6.85. The molecule has 1 rings (SSSR count). The highest BCUT2D eigenvalue weighted by Crippen LogP contribution is 2.17. The lowest BCUT2D eigenvalue weighted by molar-refractivity contribution is 0.0469. The van der Waals surface area contributed by atoms with Crippen LogP contribution in [0.5, 0.6) is 0 Å². The van der Waals surface area contributed by atoms with E-state index in [1.165, 1.54) is 0 Å². The standard InChI is InChI=1S/C16H25NO2/c1-6-7-16(5,19)10-17-15(18)14-12(3)8-11(2)9-13(14)4/h8-9,19H,6-7,10H2,1-5H3,(H,17,18). The van der Waals surface area contributed by atoms with Crippen molar-refractivity contribution in [3.8, 4) is 0 Å². The predicted octanol–water partition coefficient (Wildman–Crippen LogP) is 2.89. The van der Waals surface area contributed by atoms with E-state index in [9.17, 15) is 9.90 Å². The van der Waals surface area contributed by atoms with Crippen molar-refractivity contribution in [2.75, 3.05) is 6.54 Å². The minimum absolute atomic E-state index is 0.105. The summed E-state index contributed by atoms with van der Waals surface area (Å²) in [5, 5.41) is 12.9. The van der Waals surface area contributed by atoms with Crippen LogP contribution in [-0.2, 0) is 0 Å². The molecule has 1 amide bonds. The summed E-state index contributed by atoms with van der Waals surface area (Å²) in [7, 11) is 0. The number of rotatable bonds is 5. The maximum absolute atomic E-state index is 12.2. The van der Waals surface area contributed by atoms with Crippen LogP contribution in [-0.4, -0.2) is 23.2 Å². The van der Waals surface area contributed by atoms with Crippen molar-refractivity contribution in [3.05, 3.63) is 34.4 Å². The molecule has 3 heteroatoms. The van der Waals surface area contributed by atoms with Crippen molar-refractivity contribution in [1.82, 2.24) is 5.32 Å². The van der Waals surface area contributed by atoms with Crippen LogP contribution in [0.1, 0.15) is 53.7 Å². The number of nitrogens with one attached hydrogen (secondary N) is 1. The maximum Gasteiger partial charge on any atom is 0.251 e. The summed E-state index contributed by atoms with van der Waals surface area (Å²) >= 11 is 0. The Balaban J connectivity index is 2.80. The van der Waals surface area contributed by atoms with E-state index in [0.717, 1.165) is 28.7 Å². The first-order valence-electron chi connectivity index (χ1n) is 6.85. The van der Waals surface area contributed by atoms with E-state index < -0.39 is 5.60 Å². The number of hydrogen-bond donors (Lipinski definition) is 2. The van der Waals surface area contributed by atoms with Gasteiger partial charge in [-0.25, -0.2) is 0 Å². The van der Waals surface area contributed by atoms with Gasteiger partial charge in [0.1, 0.15) is 0 Å². The van der Waals surface area contributed by atoms with E-state index in [2.05, 4.69) is 5.32 Å². The number of aliphatic hydroxyl groups is 1. The summed E-state index contributed by atoms with van der Waals surface area (Å²) in [5.74, 6) is -0.105. The van der Waals surface area contributed by atoms with Gasteiger partial charge < -0.3 is 10.4 Å². The van der Waals surface area contributed by atoms with Crippen molar-refractivity contribution in [2.24, 2.45) is 0 Å². The van der Waals surface area contributed by atoms with Crippen LogP contribution < -0.4 is 5.32 Å². The second kappa shape index (κ2) is 6.20. The molecule has 1 aromatic rings. The summed E-state index contributed by atoms with van der Waals surface area (Å²) in [5.41, 5.74) is 2.99. The van der Waals surface area contributed by atoms with Gasteiger partial charge in [-0.3, -0.25) is 4.79 Å². The minimum atomic E-state index is -0.836. The molecule has 0 saturated carbocycles. The molecular formula is C16H25NO2. The highest BCUT2D eigenvalue weighted by atomic mass is 16.3. The van der Waals surface area contributed by atoms with Gasteiger partial charge in [0.2, 0.25) is 0 Å². The number of benzene rings is 1. The Kier molecular flexibility index (Phi) is 5.12. The predicted molar refractivity (Wildman–Crippen MR) is 78.5 cm³/mol. The smallest absolute Gasteiger partial charge is 0.251 e. The third-order valence-corrected chi connectivity index (χ3v) is 3.32. The lowest BCUT2D eigenvalue weighted by Crippen LogP contribution is -2.40. The monoisotopic (exact) mass is 263 g/mol. The molecule has 3 nitrogen and oxygen atoms in total. The van der Waals surface area contributed by atoms with Gasteiger partial charge in [0.05, 0.1) is 5.60 Å². The quantitative estimate of drug-likeness (QED) is 0.858. The zero-order chi connectivity index (χ0) is 14.6. The Morgan fingerprint density at radius 3 is 2.26 bits per heavy atom. The van der Waals surface area contributed by atoms with Crippen molar-refractivity contribution >= 4 is 5.91 Å². The zero-order valence-corrected chi connectivity index (χ0v) is 12.6. The van der Waals surface area contributed by atoms with Crippen LogP contribution in [0.2, 0.25) is 0 Å². The van der Waals surface area contributed by atoms with Gasteiger partial charge in [0.15, 0.2) is 0 Å². The Morgan fingerprint density at radius 1 is 1.26 bits per heavy atom. The SMILES string of the molecule is CCCC(C)(O)CNC(=O)c1c(C)cc(C)cc1C. The molecule has 0 aromatic heterocycles. The third-order valence-electron chi connectivity index (χ3n) is 3.32. The fourth-order valence-corrected chi connectivity index (χ4v) is 2.52. The van der Waals surface area contributed by atoms with Crippen LogP contribution in [0.25, 0.3) is 0 Å². The molecule has 1 unspecified atom stereocenters. The normalized spacial score (nSPS) is 14.0. The van der Waals surface area contributed by atoms with Crippen molar-refractivity contribution in [2.45, 2.75) is 53.1 Å². The third kappa shape index (κ3) is 4.35. The molecule has 0 fully saturated rings. The summed E-state index contributed by atoms with van der Waals surface area (Å²) < 4.78 is 0. The lowest BCUT2D eigenvalue weighted by Gasteiger charge is -2.23. The first kappa shape index (κ1) is 15.7. The number of amides is 1. The maximum atomic E-state index is 12.2. The van der Waals surface area contributed by atoms with Gasteiger partial charge in [-0.1, -0.05) is 31.0 Å². The summed E-state index contributed by atoms with van der Waals surface area (Å²) in [6.45, 7) is 9.97. The largest absolute Gasteiger partial charge is 0.388 e. The van der Waals surface area contributed by atoms with Gasteiger partial charge in [0.25, 0.3) is 5.91 Å². The number of carbonyl (C=O) groups excluding carboxylic acids is 1. The average Bonchev–Trinajstić information content (AvgIpc) is 2.25. The Morgan fingerprint density at radius 2 is 1.79 bits per heavy atom. The second-order valence-electron chi connectivity index (χ2n) is 5.70. The van der Waals surface area contributed by atoms with Gasteiger partial charge >= 0.3 is 0 Å². The highest BCUT2D eigenvalue weighted by Gasteiger charge is 2.21. The topological polar surface area (TPSA) is 49.3 Å².